The molecule has 5 nitrogen and oxygen atoms in total. The first kappa shape index (κ1) is 7.71. The summed E-state index contributed by atoms with van der Waals surface area (Å²) in [5.74, 6) is 0.993. The minimum Gasteiger partial charge on any atom is -0.246 e. The number of hydrogen-bond acceptors (Lipinski definition) is 4. The van der Waals surface area contributed by atoms with Crippen molar-refractivity contribution in [1.82, 2.24) is 15.2 Å². The maximum absolute atomic E-state index is 3.90. The molecule has 0 radical (unpaired) electrons. The number of anilines is 1. The van der Waals surface area contributed by atoms with E-state index >= 15 is 0 Å². The number of rotatable bonds is 3. The molecule has 0 aliphatic rings. The summed E-state index contributed by atoms with van der Waals surface area (Å²) in [5, 5.41) is 10.2. The third-order valence-electron chi connectivity index (χ3n) is 0.958. The van der Waals surface area contributed by atoms with Crippen molar-refractivity contribution in [1.29, 1.82) is 0 Å². The molecule has 11 heavy (non-hydrogen) atoms. The number of aromatic nitrogens is 3. The van der Waals surface area contributed by atoms with Crippen LogP contribution in [0.25, 0.3) is 0 Å². The molecule has 60 valence electrons. The van der Waals surface area contributed by atoms with Gasteiger partial charge in [-0.1, -0.05) is 13.8 Å². The van der Waals surface area contributed by atoms with E-state index in [1.807, 2.05) is 13.8 Å². The van der Waals surface area contributed by atoms with E-state index in [0.717, 1.165) is 0 Å². The molecule has 1 rings (SSSR count). The van der Waals surface area contributed by atoms with Crippen LogP contribution < -0.4 is 5.43 Å². The van der Waals surface area contributed by atoms with Crippen LogP contribution in [0.5, 0.6) is 0 Å². The Kier molecular flexibility index (Phi) is 2.59. The molecule has 0 spiro atoms. The Labute approximate surface area is 64.9 Å². The van der Waals surface area contributed by atoms with Gasteiger partial charge in [0.25, 0.3) is 0 Å². The van der Waals surface area contributed by atoms with Crippen molar-refractivity contribution >= 4 is 12.2 Å². The molecule has 0 aliphatic heterocycles. The monoisotopic (exact) mass is 153 g/mol. The van der Waals surface area contributed by atoms with Crippen LogP contribution in [0.1, 0.15) is 13.8 Å². The minimum atomic E-state index is 0.436. The normalized spacial score (nSPS) is 11.2. The highest BCUT2D eigenvalue weighted by Gasteiger charge is 1.88. The molecule has 2 N–H and O–H groups in total. The van der Waals surface area contributed by atoms with Gasteiger partial charge in [0.05, 0.1) is 0 Å². The third kappa shape index (κ3) is 2.79. The Morgan fingerprint density at radius 1 is 1.73 bits per heavy atom. The average molecular weight is 153 g/mol. The molecular weight excluding hydrogens is 142 g/mol. The number of hydrogen-bond donors (Lipinski definition) is 2. The molecule has 0 amide bonds. The highest BCUT2D eigenvalue weighted by molar-refractivity contribution is 5.60. The minimum absolute atomic E-state index is 0.436. The first-order valence-electron chi connectivity index (χ1n) is 3.43. The Hall–Kier alpha value is -1.39. The van der Waals surface area contributed by atoms with Crippen molar-refractivity contribution in [2.24, 2.45) is 11.0 Å². The maximum Gasteiger partial charge on any atom is 0.239 e. The van der Waals surface area contributed by atoms with Gasteiger partial charge in [0, 0.05) is 6.21 Å². The van der Waals surface area contributed by atoms with Crippen molar-refractivity contribution in [3.8, 4) is 0 Å². The molecule has 0 bridgehead atoms. The lowest BCUT2D eigenvalue weighted by molar-refractivity contribution is 0.902. The fourth-order valence-electron chi connectivity index (χ4n) is 0.507. The van der Waals surface area contributed by atoms with Crippen LogP contribution in [-0.2, 0) is 0 Å². The first-order valence-corrected chi connectivity index (χ1v) is 3.43. The number of aromatic amines is 1. The van der Waals surface area contributed by atoms with Crippen molar-refractivity contribution in [3.63, 3.8) is 0 Å². The summed E-state index contributed by atoms with van der Waals surface area (Å²) in [5.41, 5.74) is 2.70. The lowest BCUT2D eigenvalue weighted by atomic mass is 10.3. The highest BCUT2D eigenvalue weighted by Crippen LogP contribution is 1.91. The van der Waals surface area contributed by atoms with E-state index < -0.39 is 0 Å². The number of hydrazone groups is 1. The van der Waals surface area contributed by atoms with Crippen LogP contribution >= 0.6 is 0 Å². The van der Waals surface area contributed by atoms with Gasteiger partial charge in [-0.3, -0.25) is 0 Å². The van der Waals surface area contributed by atoms with Crippen LogP contribution in [0.2, 0.25) is 0 Å². The largest absolute Gasteiger partial charge is 0.246 e. The second-order valence-electron chi connectivity index (χ2n) is 2.47. The molecule has 0 unspecified atom stereocenters. The Bertz CT molecular complexity index is 213. The van der Waals surface area contributed by atoms with Gasteiger partial charge in [0.15, 0.2) is 0 Å². The van der Waals surface area contributed by atoms with E-state index in [4.69, 9.17) is 0 Å². The Balaban J connectivity index is 2.34. The molecule has 1 aromatic heterocycles. The summed E-state index contributed by atoms with van der Waals surface area (Å²) in [6.45, 7) is 4.09. The van der Waals surface area contributed by atoms with Gasteiger partial charge in [0.2, 0.25) is 5.95 Å². The summed E-state index contributed by atoms with van der Waals surface area (Å²) in [6.07, 6.45) is 3.22. The zero-order chi connectivity index (χ0) is 8.10. The average Bonchev–Trinajstić information content (AvgIpc) is 2.39. The van der Waals surface area contributed by atoms with Crippen molar-refractivity contribution < 1.29 is 0 Å². The summed E-state index contributed by atoms with van der Waals surface area (Å²) in [7, 11) is 0. The quantitative estimate of drug-likeness (QED) is 0.500. The summed E-state index contributed by atoms with van der Waals surface area (Å²) < 4.78 is 0. The van der Waals surface area contributed by atoms with Gasteiger partial charge in [-0.2, -0.15) is 15.2 Å². The van der Waals surface area contributed by atoms with Crippen molar-refractivity contribution in [3.05, 3.63) is 6.33 Å². The lowest BCUT2D eigenvalue weighted by Gasteiger charge is -1.93. The van der Waals surface area contributed by atoms with E-state index in [9.17, 15) is 0 Å². The zero-order valence-corrected chi connectivity index (χ0v) is 6.57. The van der Waals surface area contributed by atoms with Crippen LogP contribution in [0.15, 0.2) is 11.4 Å². The lowest BCUT2D eigenvalue weighted by Crippen LogP contribution is -1.95. The molecule has 0 aromatic carbocycles. The molecular formula is C6H11N5. The number of nitrogens with zero attached hydrogens (tertiary/aromatic N) is 3. The van der Waals surface area contributed by atoms with Crippen molar-refractivity contribution in [2.45, 2.75) is 13.8 Å². The van der Waals surface area contributed by atoms with Crippen LogP contribution in [-0.4, -0.2) is 21.4 Å². The Morgan fingerprint density at radius 2 is 2.55 bits per heavy atom. The first-order chi connectivity index (χ1) is 5.29. The zero-order valence-electron chi connectivity index (χ0n) is 6.57. The van der Waals surface area contributed by atoms with Crippen LogP contribution in [0, 0.1) is 5.92 Å². The molecule has 0 saturated heterocycles. The molecule has 1 heterocycles. The molecule has 0 atom stereocenters. The van der Waals surface area contributed by atoms with Gasteiger partial charge in [0.1, 0.15) is 6.33 Å². The predicted octanol–water partition coefficient (Wildman–Crippen LogP) is 0.858. The standard InChI is InChI=1S/C6H11N5/c1-5(2)3-8-10-6-7-4-9-11-6/h3-5H,1-2H3,(H2,7,9,10,11)/b8-3+. The van der Waals surface area contributed by atoms with Gasteiger partial charge in [-0.05, 0) is 5.92 Å². The Morgan fingerprint density at radius 3 is 3.09 bits per heavy atom. The topological polar surface area (TPSA) is 66.0 Å². The van der Waals surface area contributed by atoms with Gasteiger partial charge in [-0.25, -0.2) is 10.5 Å². The van der Waals surface area contributed by atoms with Gasteiger partial charge >= 0.3 is 0 Å². The van der Waals surface area contributed by atoms with E-state index in [1.54, 1.807) is 6.21 Å². The molecule has 5 heteroatoms. The molecule has 0 fully saturated rings. The van der Waals surface area contributed by atoms with E-state index in [2.05, 4.69) is 25.7 Å². The maximum atomic E-state index is 3.90. The highest BCUT2D eigenvalue weighted by atomic mass is 15.4. The summed E-state index contributed by atoms with van der Waals surface area (Å²) in [4.78, 5) is 3.82. The van der Waals surface area contributed by atoms with E-state index in [1.165, 1.54) is 6.33 Å². The molecule has 0 saturated carbocycles. The molecule has 0 aliphatic carbocycles. The van der Waals surface area contributed by atoms with Crippen molar-refractivity contribution in [2.75, 3.05) is 5.43 Å². The molecule has 1 aromatic rings. The fraction of sp³-hybridized carbons (Fsp3) is 0.500. The van der Waals surface area contributed by atoms with Crippen LogP contribution in [0.4, 0.5) is 5.95 Å². The van der Waals surface area contributed by atoms with Crippen LogP contribution in [0.3, 0.4) is 0 Å². The third-order valence-corrected chi connectivity index (χ3v) is 0.958. The SMILES string of the molecule is CC(C)/C=N/Nc1ncn[nH]1. The van der Waals surface area contributed by atoms with Gasteiger partial charge < -0.3 is 0 Å². The second kappa shape index (κ2) is 3.70. The predicted molar refractivity (Wildman–Crippen MR) is 43.3 cm³/mol. The van der Waals surface area contributed by atoms with E-state index in [0.29, 0.717) is 11.9 Å². The second-order valence-corrected chi connectivity index (χ2v) is 2.47. The fourth-order valence-corrected chi connectivity index (χ4v) is 0.507. The number of nitrogens with one attached hydrogen (secondary N) is 2. The summed E-state index contributed by atoms with van der Waals surface area (Å²) >= 11 is 0. The van der Waals surface area contributed by atoms with E-state index in [-0.39, 0.29) is 0 Å². The number of H-pyrrole nitrogens is 1. The van der Waals surface area contributed by atoms with Gasteiger partial charge in [-0.15, -0.1) is 0 Å². The summed E-state index contributed by atoms with van der Waals surface area (Å²) in [6, 6.07) is 0. The smallest absolute Gasteiger partial charge is 0.239 e.